The number of halogens is 2. The van der Waals surface area contributed by atoms with Crippen LogP contribution in [0.25, 0.3) is 0 Å². The van der Waals surface area contributed by atoms with Gasteiger partial charge in [-0.05, 0) is 24.7 Å². The van der Waals surface area contributed by atoms with E-state index in [0.29, 0.717) is 5.41 Å². The van der Waals surface area contributed by atoms with Crippen molar-refractivity contribution in [2.45, 2.75) is 91.4 Å². The molecular weight excluding hydrogens is 275 g/mol. The Kier molecular flexibility index (Phi) is 12.3. The highest BCUT2D eigenvalue weighted by Gasteiger charge is 2.24. The van der Waals surface area contributed by atoms with Crippen molar-refractivity contribution in [3.05, 3.63) is 10.6 Å². The predicted octanol–water partition coefficient (Wildman–Crippen LogP) is 7.64. The van der Waals surface area contributed by atoms with Crippen LogP contribution in [0, 0.1) is 5.41 Å². The highest BCUT2D eigenvalue weighted by atomic mass is 35.5. The van der Waals surface area contributed by atoms with Crippen LogP contribution >= 0.6 is 23.2 Å². The molecule has 0 spiro atoms. The largest absolute Gasteiger partial charge is 0.0917 e. The van der Waals surface area contributed by atoms with Gasteiger partial charge in [-0.1, -0.05) is 95.3 Å². The second kappa shape index (κ2) is 12.1. The smallest absolute Gasteiger partial charge is 0.0299 e. The van der Waals surface area contributed by atoms with Crippen LogP contribution in [-0.4, -0.2) is 0 Å². The normalized spacial score (nSPS) is 13.0. The maximum absolute atomic E-state index is 6.16. The van der Waals surface area contributed by atoms with E-state index in [1.54, 1.807) is 0 Å². The molecule has 0 nitrogen and oxygen atoms in total. The molecule has 0 aliphatic heterocycles. The van der Waals surface area contributed by atoms with Crippen molar-refractivity contribution >= 4 is 23.2 Å². The molecule has 0 atom stereocenters. The SMILES string of the molecule is CCCCCCC(C)(CCCCCC)C/C(Cl)=C\Cl. The van der Waals surface area contributed by atoms with Crippen LogP contribution in [0.2, 0.25) is 0 Å². The third-order valence-electron chi connectivity index (χ3n) is 3.98. The molecule has 0 rings (SSSR count). The monoisotopic (exact) mass is 306 g/mol. The van der Waals surface area contributed by atoms with E-state index in [0.717, 1.165) is 11.5 Å². The molecule has 0 N–H and O–H groups in total. The maximum atomic E-state index is 6.16. The Hall–Kier alpha value is 0.320. The minimum absolute atomic E-state index is 0.337. The van der Waals surface area contributed by atoms with Crippen molar-refractivity contribution in [3.8, 4) is 0 Å². The number of rotatable bonds is 12. The van der Waals surface area contributed by atoms with E-state index in [-0.39, 0.29) is 0 Å². The first-order valence-corrected chi connectivity index (χ1v) is 8.84. The summed E-state index contributed by atoms with van der Waals surface area (Å²) in [5, 5.41) is 0.815. The summed E-state index contributed by atoms with van der Waals surface area (Å²) >= 11 is 11.9. The molecule has 0 saturated carbocycles. The van der Waals surface area contributed by atoms with E-state index in [9.17, 15) is 0 Å². The molecule has 2 heteroatoms. The fourth-order valence-electron chi connectivity index (χ4n) is 2.71. The van der Waals surface area contributed by atoms with Crippen LogP contribution in [0.1, 0.15) is 91.4 Å². The molecule has 0 amide bonds. The average molecular weight is 307 g/mol. The van der Waals surface area contributed by atoms with Gasteiger partial charge in [0, 0.05) is 10.6 Å². The average Bonchev–Trinajstić information content (AvgIpc) is 2.40. The lowest BCUT2D eigenvalue weighted by molar-refractivity contribution is 0.252. The standard InChI is InChI=1S/C17H32Cl2/c1-4-6-8-10-12-17(3,14-16(19)15-18)13-11-9-7-5-2/h15H,4-14H2,1-3H3/b16-15+. The molecule has 0 aromatic rings. The van der Waals surface area contributed by atoms with Crippen molar-refractivity contribution in [1.29, 1.82) is 0 Å². The summed E-state index contributed by atoms with van der Waals surface area (Å²) in [5.74, 6) is 0. The highest BCUT2D eigenvalue weighted by Crippen LogP contribution is 2.38. The van der Waals surface area contributed by atoms with E-state index in [1.165, 1.54) is 69.7 Å². The summed E-state index contributed by atoms with van der Waals surface area (Å²) in [4.78, 5) is 0. The van der Waals surface area contributed by atoms with Crippen LogP contribution in [0.4, 0.5) is 0 Å². The van der Waals surface area contributed by atoms with Crippen molar-refractivity contribution < 1.29 is 0 Å². The molecule has 0 unspecified atom stereocenters. The summed E-state index contributed by atoms with van der Waals surface area (Å²) in [5.41, 5.74) is 1.88. The second-order valence-corrected chi connectivity index (χ2v) is 6.87. The van der Waals surface area contributed by atoms with E-state index in [2.05, 4.69) is 20.8 Å². The Morgan fingerprint density at radius 3 is 1.74 bits per heavy atom. The molecule has 0 aromatic carbocycles. The van der Waals surface area contributed by atoms with E-state index in [1.807, 2.05) is 0 Å². The number of hydrogen-bond donors (Lipinski definition) is 0. The van der Waals surface area contributed by atoms with E-state index >= 15 is 0 Å². The summed E-state index contributed by atoms with van der Waals surface area (Å²) in [6, 6.07) is 0. The van der Waals surface area contributed by atoms with Crippen molar-refractivity contribution in [3.63, 3.8) is 0 Å². The molecule has 0 aromatic heterocycles. The molecule has 0 aliphatic carbocycles. The minimum Gasteiger partial charge on any atom is -0.0917 e. The van der Waals surface area contributed by atoms with E-state index in [4.69, 9.17) is 23.2 Å². The van der Waals surface area contributed by atoms with Gasteiger partial charge in [-0.2, -0.15) is 0 Å². The van der Waals surface area contributed by atoms with Crippen molar-refractivity contribution in [2.24, 2.45) is 5.41 Å². The highest BCUT2D eigenvalue weighted by molar-refractivity contribution is 6.36. The zero-order valence-corrected chi connectivity index (χ0v) is 14.6. The molecule has 0 radical (unpaired) electrons. The van der Waals surface area contributed by atoms with Crippen LogP contribution in [0.15, 0.2) is 10.6 Å². The molecule has 0 heterocycles. The Morgan fingerprint density at radius 2 is 1.37 bits per heavy atom. The molecule has 19 heavy (non-hydrogen) atoms. The van der Waals surface area contributed by atoms with Gasteiger partial charge in [0.15, 0.2) is 0 Å². The van der Waals surface area contributed by atoms with Gasteiger partial charge in [0.05, 0.1) is 0 Å². The van der Waals surface area contributed by atoms with Crippen molar-refractivity contribution in [1.82, 2.24) is 0 Å². The number of hydrogen-bond acceptors (Lipinski definition) is 0. The summed E-state index contributed by atoms with van der Waals surface area (Å²) in [7, 11) is 0. The number of unbranched alkanes of at least 4 members (excludes halogenated alkanes) is 6. The quantitative estimate of drug-likeness (QED) is 0.325. The van der Waals surface area contributed by atoms with Gasteiger partial charge in [0.1, 0.15) is 0 Å². The van der Waals surface area contributed by atoms with Gasteiger partial charge in [0.25, 0.3) is 0 Å². The summed E-state index contributed by atoms with van der Waals surface area (Å²) < 4.78 is 0. The second-order valence-electron chi connectivity index (χ2n) is 6.16. The van der Waals surface area contributed by atoms with Crippen LogP contribution in [0.5, 0.6) is 0 Å². The molecule has 0 aliphatic rings. The van der Waals surface area contributed by atoms with Gasteiger partial charge in [-0.25, -0.2) is 0 Å². The molecule has 0 bridgehead atoms. The first kappa shape index (κ1) is 19.3. The lowest BCUT2D eigenvalue weighted by Crippen LogP contribution is -2.16. The lowest BCUT2D eigenvalue weighted by Gasteiger charge is -2.30. The Morgan fingerprint density at radius 1 is 0.895 bits per heavy atom. The Balaban J connectivity index is 4.19. The van der Waals surface area contributed by atoms with Gasteiger partial charge in [0.2, 0.25) is 0 Å². The van der Waals surface area contributed by atoms with Gasteiger partial charge in [-0.15, -0.1) is 0 Å². The van der Waals surface area contributed by atoms with Gasteiger partial charge in [-0.3, -0.25) is 0 Å². The summed E-state index contributed by atoms with van der Waals surface area (Å²) in [6.45, 7) is 6.90. The predicted molar refractivity (Wildman–Crippen MR) is 90.0 cm³/mol. The molecule has 114 valence electrons. The third-order valence-corrected chi connectivity index (χ3v) is 4.60. The minimum atomic E-state index is 0.337. The fraction of sp³-hybridized carbons (Fsp3) is 0.882. The number of allylic oxidation sites excluding steroid dienone is 1. The topological polar surface area (TPSA) is 0 Å². The van der Waals surface area contributed by atoms with Crippen molar-refractivity contribution in [2.75, 3.05) is 0 Å². The van der Waals surface area contributed by atoms with Crippen LogP contribution < -0.4 is 0 Å². The van der Waals surface area contributed by atoms with E-state index < -0.39 is 0 Å². The molecular formula is C17H32Cl2. The zero-order chi connectivity index (χ0) is 14.6. The lowest BCUT2D eigenvalue weighted by atomic mass is 9.77. The molecule has 0 saturated heterocycles. The summed E-state index contributed by atoms with van der Waals surface area (Å²) in [6.07, 6.45) is 14.2. The van der Waals surface area contributed by atoms with Gasteiger partial charge >= 0.3 is 0 Å². The van der Waals surface area contributed by atoms with Gasteiger partial charge < -0.3 is 0 Å². The van der Waals surface area contributed by atoms with Crippen LogP contribution in [-0.2, 0) is 0 Å². The van der Waals surface area contributed by atoms with Crippen LogP contribution in [0.3, 0.4) is 0 Å². The molecule has 0 fully saturated rings. The third kappa shape index (κ3) is 10.7. The Bertz CT molecular complexity index is 221. The first-order chi connectivity index (χ1) is 9.08. The zero-order valence-electron chi connectivity index (χ0n) is 13.1. The fourth-order valence-corrected chi connectivity index (χ4v) is 3.10. The maximum Gasteiger partial charge on any atom is 0.0299 e. The first-order valence-electron chi connectivity index (χ1n) is 8.02. The Labute approximate surface area is 130 Å².